The van der Waals surface area contributed by atoms with Gasteiger partial charge in [-0.1, -0.05) is 12.1 Å². The number of benzene rings is 1. The molecule has 1 heterocycles. The van der Waals surface area contributed by atoms with E-state index in [2.05, 4.69) is 17.1 Å². The molecule has 0 spiro atoms. The van der Waals surface area contributed by atoms with E-state index < -0.39 is 0 Å². The number of aryl methyl sites for hydroxylation is 2. The van der Waals surface area contributed by atoms with Gasteiger partial charge >= 0.3 is 0 Å². The minimum atomic E-state index is 0.577. The third-order valence-corrected chi connectivity index (χ3v) is 3.63. The molecule has 2 N–H and O–H groups in total. The molecule has 0 fully saturated rings. The van der Waals surface area contributed by atoms with Crippen LogP contribution < -0.4 is 10.5 Å². The van der Waals surface area contributed by atoms with Gasteiger partial charge in [0.1, 0.15) is 5.75 Å². The summed E-state index contributed by atoms with van der Waals surface area (Å²) in [6, 6.07) is 5.87. The predicted octanol–water partition coefficient (Wildman–Crippen LogP) is 2.97. The van der Waals surface area contributed by atoms with Crippen LogP contribution in [0.2, 0.25) is 0 Å². The zero-order chi connectivity index (χ0) is 15.2. The minimum absolute atomic E-state index is 0.577. The Kier molecular flexibility index (Phi) is 5.33. The summed E-state index contributed by atoms with van der Waals surface area (Å²) in [5.74, 6) is 2.75. The Labute approximate surface area is 125 Å². The van der Waals surface area contributed by atoms with E-state index in [1.807, 2.05) is 25.1 Å². The molecule has 114 valence electrons. The summed E-state index contributed by atoms with van der Waals surface area (Å²) < 4.78 is 10.6. The molecule has 0 aliphatic rings. The summed E-state index contributed by atoms with van der Waals surface area (Å²) in [5, 5.41) is 4.06. The standard InChI is InChI=1S/C16H23N3O2/c1-11(8-9-17)4-7-15-18-16(19-21-15)13-5-6-14(20-3)12(2)10-13/h5-6,10-11H,4,7-9,17H2,1-3H3. The lowest BCUT2D eigenvalue weighted by Crippen LogP contribution is -2.06. The van der Waals surface area contributed by atoms with Crippen molar-refractivity contribution in [1.82, 2.24) is 10.1 Å². The van der Waals surface area contributed by atoms with Crippen molar-refractivity contribution in [3.8, 4) is 17.1 Å². The molecule has 0 aliphatic carbocycles. The molecule has 0 bridgehead atoms. The molecule has 1 aromatic carbocycles. The highest BCUT2D eigenvalue weighted by Crippen LogP contribution is 2.24. The Morgan fingerprint density at radius 3 is 2.81 bits per heavy atom. The number of aromatic nitrogens is 2. The van der Waals surface area contributed by atoms with Gasteiger partial charge in [-0.05, 0) is 56.0 Å². The van der Waals surface area contributed by atoms with E-state index in [9.17, 15) is 0 Å². The van der Waals surface area contributed by atoms with Crippen LogP contribution in [0.5, 0.6) is 5.75 Å². The second-order valence-corrected chi connectivity index (χ2v) is 5.42. The maximum Gasteiger partial charge on any atom is 0.226 e. The summed E-state index contributed by atoms with van der Waals surface area (Å²) in [4.78, 5) is 4.46. The van der Waals surface area contributed by atoms with Crippen molar-refractivity contribution in [2.45, 2.75) is 33.1 Å². The van der Waals surface area contributed by atoms with Crippen LogP contribution in [0.15, 0.2) is 22.7 Å². The average Bonchev–Trinajstić information content (AvgIpc) is 2.94. The first-order chi connectivity index (χ1) is 10.1. The van der Waals surface area contributed by atoms with Crippen molar-refractivity contribution in [3.05, 3.63) is 29.7 Å². The largest absolute Gasteiger partial charge is 0.496 e. The number of nitrogens with two attached hydrogens (primary N) is 1. The summed E-state index contributed by atoms with van der Waals surface area (Å²) in [7, 11) is 1.66. The molecule has 0 radical (unpaired) electrons. The average molecular weight is 289 g/mol. The molecule has 21 heavy (non-hydrogen) atoms. The van der Waals surface area contributed by atoms with E-state index in [1.54, 1.807) is 7.11 Å². The number of nitrogens with zero attached hydrogens (tertiary/aromatic N) is 2. The number of hydrogen-bond acceptors (Lipinski definition) is 5. The second kappa shape index (κ2) is 7.22. The molecule has 0 amide bonds. The summed E-state index contributed by atoms with van der Waals surface area (Å²) in [6.07, 6.45) is 2.84. The number of methoxy groups -OCH3 is 1. The van der Waals surface area contributed by atoms with Gasteiger partial charge in [0.25, 0.3) is 0 Å². The molecule has 2 rings (SSSR count). The van der Waals surface area contributed by atoms with Crippen molar-refractivity contribution in [2.75, 3.05) is 13.7 Å². The van der Waals surface area contributed by atoms with Crippen LogP contribution in [0.3, 0.4) is 0 Å². The molecular weight excluding hydrogens is 266 g/mol. The molecule has 0 aliphatic heterocycles. The fraction of sp³-hybridized carbons (Fsp3) is 0.500. The van der Waals surface area contributed by atoms with Crippen molar-refractivity contribution < 1.29 is 9.26 Å². The van der Waals surface area contributed by atoms with Gasteiger partial charge in [0, 0.05) is 12.0 Å². The first-order valence-corrected chi connectivity index (χ1v) is 7.31. The van der Waals surface area contributed by atoms with E-state index in [4.69, 9.17) is 15.0 Å². The Balaban J connectivity index is 2.04. The molecule has 1 atom stereocenters. The third-order valence-electron chi connectivity index (χ3n) is 3.63. The molecule has 0 saturated carbocycles. The molecule has 0 saturated heterocycles. The van der Waals surface area contributed by atoms with Gasteiger partial charge < -0.3 is 15.0 Å². The van der Waals surface area contributed by atoms with Crippen molar-refractivity contribution in [1.29, 1.82) is 0 Å². The Morgan fingerprint density at radius 2 is 2.14 bits per heavy atom. The zero-order valence-corrected chi connectivity index (χ0v) is 12.9. The summed E-state index contributed by atoms with van der Waals surface area (Å²) in [6.45, 7) is 4.91. The van der Waals surface area contributed by atoms with Gasteiger partial charge in [-0.15, -0.1) is 0 Å². The van der Waals surface area contributed by atoms with E-state index >= 15 is 0 Å². The number of ether oxygens (including phenoxy) is 1. The quantitative estimate of drug-likeness (QED) is 0.848. The highest BCUT2D eigenvalue weighted by atomic mass is 16.5. The molecule has 5 heteroatoms. The highest BCUT2D eigenvalue weighted by molar-refractivity contribution is 5.58. The molecule has 1 aromatic heterocycles. The SMILES string of the molecule is COc1ccc(-c2noc(CCC(C)CCN)n2)cc1C. The lowest BCUT2D eigenvalue weighted by molar-refractivity contribution is 0.362. The first kappa shape index (κ1) is 15.5. The van der Waals surface area contributed by atoms with Crippen molar-refractivity contribution in [2.24, 2.45) is 11.7 Å². The first-order valence-electron chi connectivity index (χ1n) is 7.31. The van der Waals surface area contributed by atoms with Crippen LogP contribution in [0, 0.1) is 12.8 Å². The Morgan fingerprint density at radius 1 is 1.33 bits per heavy atom. The van der Waals surface area contributed by atoms with E-state index in [0.29, 0.717) is 17.6 Å². The van der Waals surface area contributed by atoms with Crippen LogP contribution in [-0.4, -0.2) is 23.8 Å². The Bertz CT molecular complexity index is 581. The number of rotatable bonds is 7. The van der Waals surface area contributed by atoms with Gasteiger partial charge in [0.05, 0.1) is 7.11 Å². The Hall–Kier alpha value is -1.88. The number of hydrogen-bond donors (Lipinski definition) is 1. The topological polar surface area (TPSA) is 74.2 Å². The molecule has 5 nitrogen and oxygen atoms in total. The third kappa shape index (κ3) is 4.04. The van der Waals surface area contributed by atoms with Gasteiger partial charge in [-0.2, -0.15) is 4.98 Å². The maximum absolute atomic E-state index is 5.55. The van der Waals surface area contributed by atoms with E-state index in [0.717, 1.165) is 42.7 Å². The molecule has 2 aromatic rings. The van der Waals surface area contributed by atoms with E-state index in [1.165, 1.54) is 0 Å². The fourth-order valence-electron chi connectivity index (χ4n) is 2.29. The molecule has 1 unspecified atom stereocenters. The maximum atomic E-state index is 5.55. The van der Waals surface area contributed by atoms with Gasteiger partial charge in [0.2, 0.25) is 11.7 Å². The molecular formula is C16H23N3O2. The highest BCUT2D eigenvalue weighted by Gasteiger charge is 2.11. The van der Waals surface area contributed by atoms with Crippen LogP contribution in [-0.2, 0) is 6.42 Å². The van der Waals surface area contributed by atoms with E-state index in [-0.39, 0.29) is 0 Å². The predicted molar refractivity (Wildman–Crippen MR) is 82.2 cm³/mol. The second-order valence-electron chi connectivity index (χ2n) is 5.42. The lowest BCUT2D eigenvalue weighted by atomic mass is 10.0. The zero-order valence-electron chi connectivity index (χ0n) is 12.9. The fourth-order valence-corrected chi connectivity index (χ4v) is 2.29. The lowest BCUT2D eigenvalue weighted by Gasteiger charge is -2.06. The smallest absolute Gasteiger partial charge is 0.226 e. The van der Waals surface area contributed by atoms with Crippen LogP contribution >= 0.6 is 0 Å². The monoisotopic (exact) mass is 289 g/mol. The van der Waals surface area contributed by atoms with Crippen LogP contribution in [0.4, 0.5) is 0 Å². The minimum Gasteiger partial charge on any atom is -0.496 e. The summed E-state index contributed by atoms with van der Waals surface area (Å²) >= 11 is 0. The van der Waals surface area contributed by atoms with Crippen molar-refractivity contribution >= 4 is 0 Å². The van der Waals surface area contributed by atoms with Gasteiger partial charge in [-0.25, -0.2) is 0 Å². The normalized spacial score (nSPS) is 12.4. The van der Waals surface area contributed by atoms with Crippen molar-refractivity contribution in [3.63, 3.8) is 0 Å². The van der Waals surface area contributed by atoms with Crippen LogP contribution in [0.1, 0.15) is 31.2 Å². The summed E-state index contributed by atoms with van der Waals surface area (Å²) in [5.41, 5.74) is 7.55. The van der Waals surface area contributed by atoms with Gasteiger partial charge in [0.15, 0.2) is 0 Å². The van der Waals surface area contributed by atoms with Gasteiger partial charge in [-0.3, -0.25) is 0 Å². The van der Waals surface area contributed by atoms with Crippen LogP contribution in [0.25, 0.3) is 11.4 Å².